The molecule has 0 unspecified atom stereocenters. The van der Waals surface area contributed by atoms with E-state index in [4.69, 9.17) is 11.5 Å². The van der Waals surface area contributed by atoms with Gasteiger partial charge in [-0.05, 0) is 85.7 Å². The maximum absolute atomic E-state index is 13.5. The fourth-order valence-corrected chi connectivity index (χ4v) is 4.71. The zero-order chi connectivity index (χ0) is 33.3. The summed E-state index contributed by atoms with van der Waals surface area (Å²) in [5.41, 5.74) is 10.5. The zero-order valence-corrected chi connectivity index (χ0v) is 23.6. The summed E-state index contributed by atoms with van der Waals surface area (Å²) in [5, 5.41) is 40.0. The van der Waals surface area contributed by atoms with Crippen molar-refractivity contribution in [2.75, 3.05) is 0 Å². The van der Waals surface area contributed by atoms with E-state index in [9.17, 15) is 49.2 Å². The average molecular weight is 613 g/mol. The molecule has 0 saturated carbocycles. The number of benzene rings is 2. The van der Waals surface area contributed by atoms with Gasteiger partial charge in [-0.25, -0.2) is 18.7 Å². The molecule has 0 aliphatic heterocycles. The molecule has 0 fully saturated rings. The van der Waals surface area contributed by atoms with E-state index in [2.05, 4.69) is 5.73 Å². The van der Waals surface area contributed by atoms with Gasteiger partial charge in [0.25, 0.3) is 22.9 Å². The van der Waals surface area contributed by atoms with E-state index in [0.717, 1.165) is 21.3 Å². The van der Waals surface area contributed by atoms with Crippen LogP contribution in [0.25, 0.3) is 23.5 Å². The Morgan fingerprint density at radius 1 is 0.644 bits per heavy atom. The van der Waals surface area contributed by atoms with E-state index in [-0.39, 0.29) is 44.8 Å². The molecule has 4 rings (SSSR count). The van der Waals surface area contributed by atoms with Crippen molar-refractivity contribution in [3.63, 3.8) is 0 Å². The minimum Gasteiger partial charge on any atom is -0.494 e. The molecule has 2 aromatic heterocycles. The predicted molar refractivity (Wildman–Crippen MR) is 160 cm³/mol. The molecule has 0 aliphatic carbocycles. The molecule has 0 saturated heterocycles. The maximum atomic E-state index is 13.5. The Morgan fingerprint density at radius 2 is 0.956 bits per heavy atom. The summed E-state index contributed by atoms with van der Waals surface area (Å²) in [7, 11) is 0. The number of aromatic carboxylic acids is 2. The lowest BCUT2D eigenvalue weighted by Crippen LogP contribution is -2.27. The molecule has 0 radical (unpaired) electrons. The normalized spacial score (nSPS) is 10.5. The number of rotatable bonds is 8. The van der Waals surface area contributed by atoms with Gasteiger partial charge >= 0.3 is 11.9 Å². The van der Waals surface area contributed by atoms with Crippen LogP contribution in [0.15, 0.2) is 63.9 Å². The van der Waals surface area contributed by atoms with Crippen molar-refractivity contribution < 1.29 is 39.6 Å². The van der Waals surface area contributed by atoms with Crippen molar-refractivity contribution in [1.82, 2.24) is 9.13 Å². The molecule has 8 N–H and O–H groups in total. The first kappa shape index (κ1) is 31.3. The highest BCUT2D eigenvalue weighted by molar-refractivity contribution is 5.98. The Morgan fingerprint density at radius 3 is 1.22 bits per heavy atom. The highest BCUT2D eigenvalue weighted by Gasteiger charge is 2.24. The number of nitrogens with two attached hydrogens (primary N) is 2. The van der Waals surface area contributed by atoms with Crippen LogP contribution in [0.5, 0.6) is 11.8 Å². The minimum atomic E-state index is -1.23. The number of hydrogen-bond acceptors (Lipinski definition) is 8. The second kappa shape index (κ2) is 11.9. The predicted octanol–water partition coefficient (Wildman–Crippen LogP) is 1.94. The number of primary amides is 2. The number of nitrogens with zero attached hydrogens (tertiary/aromatic N) is 2. The van der Waals surface area contributed by atoms with Crippen LogP contribution >= 0.6 is 0 Å². The zero-order valence-electron chi connectivity index (χ0n) is 23.6. The van der Waals surface area contributed by atoms with Crippen molar-refractivity contribution >= 4 is 35.9 Å². The van der Waals surface area contributed by atoms with Gasteiger partial charge < -0.3 is 31.9 Å². The largest absolute Gasteiger partial charge is 0.494 e. The number of carbonyl (C=O) groups excluding carboxylic acids is 2. The van der Waals surface area contributed by atoms with Crippen molar-refractivity contribution in [3.8, 4) is 23.1 Å². The average Bonchev–Trinajstić information content (AvgIpc) is 2.96. The molecule has 0 atom stereocenters. The Hall–Kier alpha value is -6.66. The molecule has 4 aromatic rings. The molecular weight excluding hydrogens is 588 g/mol. The summed E-state index contributed by atoms with van der Waals surface area (Å²) in [4.78, 5) is 74.1. The van der Waals surface area contributed by atoms with Gasteiger partial charge in [0.2, 0.25) is 11.8 Å². The van der Waals surface area contributed by atoms with E-state index >= 15 is 0 Å². The molecule has 2 aromatic carbocycles. The summed E-state index contributed by atoms with van der Waals surface area (Å²) in [6, 6.07) is 9.71. The quantitative estimate of drug-likeness (QED) is 0.158. The van der Waals surface area contributed by atoms with Gasteiger partial charge in [-0.2, -0.15) is 0 Å². The van der Waals surface area contributed by atoms with Crippen LogP contribution in [0, 0.1) is 13.8 Å². The summed E-state index contributed by atoms with van der Waals surface area (Å²) >= 11 is 0. The fourth-order valence-electron chi connectivity index (χ4n) is 4.71. The molecule has 228 valence electrons. The summed E-state index contributed by atoms with van der Waals surface area (Å²) in [6.45, 7) is 2.69. The molecule has 2 heterocycles. The van der Waals surface area contributed by atoms with Gasteiger partial charge in [0, 0.05) is 0 Å². The second-order valence-electron chi connectivity index (χ2n) is 9.64. The third-order valence-electron chi connectivity index (χ3n) is 6.99. The van der Waals surface area contributed by atoms with Crippen LogP contribution in [0.2, 0.25) is 0 Å². The van der Waals surface area contributed by atoms with Crippen molar-refractivity contribution in [1.29, 1.82) is 0 Å². The summed E-state index contributed by atoms with van der Waals surface area (Å²) in [6.07, 6.45) is 2.21. The summed E-state index contributed by atoms with van der Waals surface area (Å²) in [5.74, 6) is -6.17. The van der Waals surface area contributed by atoms with Gasteiger partial charge in [0.05, 0.1) is 33.6 Å². The van der Waals surface area contributed by atoms with Crippen LogP contribution in [0.4, 0.5) is 0 Å². The summed E-state index contributed by atoms with van der Waals surface area (Å²) < 4.78 is 1.49. The van der Waals surface area contributed by atoms with Gasteiger partial charge in [-0.15, -0.1) is 5.73 Å². The van der Waals surface area contributed by atoms with Crippen LogP contribution in [-0.2, 0) is 0 Å². The molecule has 14 nitrogen and oxygen atoms in total. The number of aromatic hydroxyl groups is 2. The van der Waals surface area contributed by atoms with Crippen LogP contribution < -0.4 is 22.6 Å². The molecule has 0 aliphatic rings. The standard InChI is InChI=1S/C31H24N4O10/c1-14-20(26(38)34(28(40)22(14)24(32)36)18-10-6-16(7-11-18)30(42)43)4-3-5-21-15(2)23(25(33)37)29(41)35(27(21)39)19-12-8-17(9-13-19)31(44)45/h4-13,40-41H,1-2H3,(H2,32,36)(H2,33,37)(H,42,43)(H,44,45). The van der Waals surface area contributed by atoms with E-state index < -0.39 is 57.8 Å². The third-order valence-corrected chi connectivity index (χ3v) is 6.99. The SMILES string of the molecule is Cc1c(C(N)=O)c(O)n(-c2ccc(C(=O)O)cc2)c(=O)c1C=C=Cc1c(C)c(C(N)=O)c(O)n(-c2ccc(C(=O)O)cc2)c1=O. The lowest BCUT2D eigenvalue weighted by atomic mass is 10.0. The van der Waals surface area contributed by atoms with Gasteiger partial charge in [0.15, 0.2) is 0 Å². The second-order valence-corrected chi connectivity index (χ2v) is 9.64. The molecule has 2 amide bonds. The number of hydrogen-bond donors (Lipinski definition) is 6. The highest BCUT2D eigenvalue weighted by atomic mass is 16.4. The van der Waals surface area contributed by atoms with E-state index in [1.165, 1.54) is 62.4 Å². The fraction of sp³-hybridized carbons (Fsp3) is 0.0645. The Bertz CT molecular complexity index is 1970. The topological polar surface area (TPSA) is 245 Å². The van der Waals surface area contributed by atoms with Crippen molar-refractivity contribution in [2.45, 2.75) is 13.8 Å². The number of pyridine rings is 2. The monoisotopic (exact) mass is 612 g/mol. The highest BCUT2D eigenvalue weighted by Crippen LogP contribution is 2.27. The lowest BCUT2D eigenvalue weighted by Gasteiger charge is -2.16. The molecule has 14 heteroatoms. The minimum absolute atomic E-state index is 0.0147. The molecular formula is C31H24N4O10. The first-order chi connectivity index (χ1) is 21.2. The van der Waals surface area contributed by atoms with E-state index in [0.29, 0.717) is 0 Å². The lowest BCUT2D eigenvalue weighted by molar-refractivity contribution is 0.0686. The number of carbonyl (C=O) groups is 4. The van der Waals surface area contributed by atoms with Crippen LogP contribution in [0.1, 0.15) is 63.7 Å². The van der Waals surface area contributed by atoms with Gasteiger partial charge in [0.1, 0.15) is 11.1 Å². The van der Waals surface area contributed by atoms with Crippen molar-refractivity contribution in [3.05, 3.63) is 119 Å². The molecule has 0 bridgehead atoms. The Balaban J connectivity index is 1.97. The van der Waals surface area contributed by atoms with E-state index in [1.54, 1.807) is 0 Å². The smallest absolute Gasteiger partial charge is 0.335 e. The van der Waals surface area contributed by atoms with Crippen LogP contribution in [0.3, 0.4) is 0 Å². The first-order valence-corrected chi connectivity index (χ1v) is 12.8. The van der Waals surface area contributed by atoms with Gasteiger partial charge in [-0.1, -0.05) is 0 Å². The van der Waals surface area contributed by atoms with E-state index in [1.807, 2.05) is 0 Å². The number of carboxylic acids is 2. The van der Waals surface area contributed by atoms with Crippen molar-refractivity contribution in [2.24, 2.45) is 11.5 Å². The Labute approximate surface area is 252 Å². The number of amides is 2. The van der Waals surface area contributed by atoms with Gasteiger partial charge in [-0.3, -0.25) is 19.2 Å². The number of carboxylic acid groups (broad SMARTS) is 2. The Kier molecular flexibility index (Phi) is 8.28. The van der Waals surface area contributed by atoms with Crippen LogP contribution in [-0.4, -0.2) is 53.3 Å². The first-order valence-electron chi connectivity index (χ1n) is 12.8. The third kappa shape index (κ3) is 5.59. The molecule has 0 spiro atoms. The number of aromatic nitrogens is 2. The maximum Gasteiger partial charge on any atom is 0.335 e. The molecule has 45 heavy (non-hydrogen) atoms.